The molecule has 3 nitrogen and oxygen atoms in total. The SMILES string of the molecule is CCc1ccc(C(=O)COCc2ccco2)cc1. The van der Waals surface area contributed by atoms with Crippen LogP contribution in [-0.4, -0.2) is 12.4 Å². The Morgan fingerprint density at radius 1 is 1.22 bits per heavy atom. The number of rotatable bonds is 6. The maximum atomic E-state index is 11.8. The van der Waals surface area contributed by atoms with Crippen LogP contribution in [0.1, 0.15) is 28.6 Å². The number of Topliss-reactive ketones (excluding diaryl/α,β-unsaturated/α-hetero) is 1. The van der Waals surface area contributed by atoms with Crippen LogP contribution in [0.2, 0.25) is 0 Å². The molecule has 2 rings (SSSR count). The van der Waals surface area contributed by atoms with E-state index in [9.17, 15) is 4.79 Å². The molecule has 1 aromatic carbocycles. The molecule has 0 fully saturated rings. The van der Waals surface area contributed by atoms with Crippen LogP contribution in [-0.2, 0) is 17.8 Å². The second-order valence-electron chi connectivity index (χ2n) is 4.05. The molecule has 0 aliphatic heterocycles. The summed E-state index contributed by atoms with van der Waals surface area (Å²) in [4.78, 5) is 11.8. The number of ether oxygens (including phenoxy) is 1. The highest BCUT2D eigenvalue weighted by atomic mass is 16.5. The minimum atomic E-state index is -0.00999. The molecule has 0 radical (unpaired) electrons. The lowest BCUT2D eigenvalue weighted by Gasteiger charge is -2.03. The Morgan fingerprint density at radius 3 is 2.61 bits per heavy atom. The molecule has 0 saturated carbocycles. The molecule has 0 amide bonds. The highest BCUT2D eigenvalue weighted by Gasteiger charge is 2.06. The molecule has 0 spiro atoms. The van der Waals surface area contributed by atoms with E-state index in [1.807, 2.05) is 30.3 Å². The van der Waals surface area contributed by atoms with Gasteiger partial charge >= 0.3 is 0 Å². The minimum Gasteiger partial charge on any atom is -0.467 e. The maximum absolute atomic E-state index is 11.8. The summed E-state index contributed by atoms with van der Waals surface area (Å²) >= 11 is 0. The Kier molecular flexibility index (Phi) is 4.31. The van der Waals surface area contributed by atoms with Crippen LogP contribution in [0.15, 0.2) is 47.1 Å². The predicted molar refractivity (Wildman–Crippen MR) is 68.5 cm³/mol. The zero-order valence-corrected chi connectivity index (χ0v) is 10.4. The van der Waals surface area contributed by atoms with E-state index in [0.29, 0.717) is 12.2 Å². The number of hydrogen-bond donors (Lipinski definition) is 0. The first-order valence-corrected chi connectivity index (χ1v) is 6.02. The lowest BCUT2D eigenvalue weighted by atomic mass is 10.1. The van der Waals surface area contributed by atoms with Gasteiger partial charge in [0.1, 0.15) is 19.0 Å². The summed E-state index contributed by atoms with van der Waals surface area (Å²) in [6.45, 7) is 2.49. The van der Waals surface area contributed by atoms with Crippen LogP contribution in [0, 0.1) is 0 Å². The summed E-state index contributed by atoms with van der Waals surface area (Å²) in [5, 5.41) is 0. The van der Waals surface area contributed by atoms with Crippen molar-refractivity contribution >= 4 is 5.78 Å². The topological polar surface area (TPSA) is 39.4 Å². The fourth-order valence-corrected chi connectivity index (χ4v) is 1.65. The summed E-state index contributed by atoms with van der Waals surface area (Å²) in [7, 11) is 0. The molecule has 18 heavy (non-hydrogen) atoms. The standard InChI is InChI=1S/C15H16O3/c1-2-12-5-7-13(8-6-12)15(16)11-17-10-14-4-3-9-18-14/h3-9H,2,10-11H2,1H3. The average Bonchev–Trinajstić information content (AvgIpc) is 2.92. The van der Waals surface area contributed by atoms with Gasteiger partial charge in [-0.15, -0.1) is 0 Å². The van der Waals surface area contributed by atoms with Crippen LogP contribution < -0.4 is 0 Å². The lowest BCUT2D eigenvalue weighted by molar-refractivity contribution is 0.0691. The van der Waals surface area contributed by atoms with Crippen LogP contribution in [0.3, 0.4) is 0 Å². The summed E-state index contributed by atoms with van der Waals surface area (Å²) in [6, 6.07) is 11.2. The van der Waals surface area contributed by atoms with E-state index in [1.165, 1.54) is 5.56 Å². The molecule has 0 N–H and O–H groups in total. The molecule has 0 atom stereocenters. The van der Waals surface area contributed by atoms with Crippen molar-refractivity contribution in [2.45, 2.75) is 20.0 Å². The van der Waals surface area contributed by atoms with E-state index in [-0.39, 0.29) is 12.4 Å². The van der Waals surface area contributed by atoms with Crippen LogP contribution in [0.5, 0.6) is 0 Å². The number of hydrogen-bond acceptors (Lipinski definition) is 3. The molecule has 0 aliphatic rings. The van der Waals surface area contributed by atoms with Gasteiger partial charge in [-0.25, -0.2) is 0 Å². The summed E-state index contributed by atoms with van der Waals surface area (Å²) in [5.41, 5.74) is 1.91. The summed E-state index contributed by atoms with van der Waals surface area (Å²) in [5.74, 6) is 0.716. The smallest absolute Gasteiger partial charge is 0.188 e. The molecule has 0 bridgehead atoms. The molecule has 0 unspecified atom stereocenters. The molecule has 0 saturated heterocycles. The van der Waals surface area contributed by atoms with Gasteiger partial charge in [0.25, 0.3) is 0 Å². The van der Waals surface area contributed by atoms with Gasteiger partial charge in [-0.05, 0) is 24.1 Å². The van der Waals surface area contributed by atoms with E-state index < -0.39 is 0 Å². The Labute approximate surface area is 106 Å². The number of ketones is 1. The zero-order chi connectivity index (χ0) is 12.8. The second-order valence-corrected chi connectivity index (χ2v) is 4.05. The Balaban J connectivity index is 1.83. The van der Waals surface area contributed by atoms with Gasteiger partial charge in [0.15, 0.2) is 5.78 Å². The van der Waals surface area contributed by atoms with Gasteiger partial charge in [0.2, 0.25) is 0 Å². The zero-order valence-electron chi connectivity index (χ0n) is 10.4. The van der Waals surface area contributed by atoms with Crippen molar-refractivity contribution in [3.8, 4) is 0 Å². The van der Waals surface area contributed by atoms with E-state index in [4.69, 9.17) is 9.15 Å². The van der Waals surface area contributed by atoms with Crippen molar-refractivity contribution in [1.29, 1.82) is 0 Å². The molecule has 3 heteroatoms. The molecule has 1 heterocycles. The number of benzene rings is 1. The van der Waals surface area contributed by atoms with Crippen molar-refractivity contribution in [3.05, 3.63) is 59.5 Å². The minimum absolute atomic E-state index is 0.00999. The Hall–Kier alpha value is -1.87. The third kappa shape index (κ3) is 3.31. The fraction of sp³-hybridized carbons (Fsp3) is 0.267. The highest BCUT2D eigenvalue weighted by molar-refractivity contribution is 5.97. The van der Waals surface area contributed by atoms with Crippen molar-refractivity contribution < 1.29 is 13.9 Å². The van der Waals surface area contributed by atoms with E-state index in [0.717, 1.165) is 12.2 Å². The van der Waals surface area contributed by atoms with E-state index >= 15 is 0 Å². The number of carbonyl (C=O) groups excluding carboxylic acids is 1. The van der Waals surface area contributed by atoms with Gasteiger partial charge < -0.3 is 9.15 Å². The van der Waals surface area contributed by atoms with E-state index in [2.05, 4.69) is 6.92 Å². The van der Waals surface area contributed by atoms with Gasteiger partial charge in [0.05, 0.1) is 6.26 Å². The van der Waals surface area contributed by atoms with Crippen molar-refractivity contribution in [2.75, 3.05) is 6.61 Å². The fourth-order valence-electron chi connectivity index (χ4n) is 1.65. The molecule has 2 aromatic rings. The van der Waals surface area contributed by atoms with Crippen LogP contribution >= 0.6 is 0 Å². The van der Waals surface area contributed by atoms with E-state index in [1.54, 1.807) is 12.3 Å². The largest absolute Gasteiger partial charge is 0.467 e. The Bertz CT molecular complexity index is 483. The molecule has 0 aliphatic carbocycles. The lowest BCUT2D eigenvalue weighted by Crippen LogP contribution is -2.08. The van der Waals surface area contributed by atoms with Gasteiger partial charge in [-0.2, -0.15) is 0 Å². The third-order valence-electron chi connectivity index (χ3n) is 2.74. The van der Waals surface area contributed by atoms with Crippen LogP contribution in [0.25, 0.3) is 0 Å². The highest BCUT2D eigenvalue weighted by Crippen LogP contribution is 2.07. The quantitative estimate of drug-likeness (QED) is 0.732. The molecular weight excluding hydrogens is 228 g/mol. The van der Waals surface area contributed by atoms with Crippen molar-refractivity contribution in [3.63, 3.8) is 0 Å². The van der Waals surface area contributed by atoms with Gasteiger partial charge in [-0.1, -0.05) is 31.2 Å². The van der Waals surface area contributed by atoms with Crippen molar-refractivity contribution in [2.24, 2.45) is 0 Å². The molecule has 94 valence electrons. The summed E-state index contributed by atoms with van der Waals surface area (Å²) < 4.78 is 10.4. The molecule has 1 aromatic heterocycles. The Morgan fingerprint density at radius 2 is 2.00 bits per heavy atom. The molecular formula is C15H16O3. The third-order valence-corrected chi connectivity index (χ3v) is 2.74. The number of furan rings is 1. The van der Waals surface area contributed by atoms with Crippen molar-refractivity contribution in [1.82, 2.24) is 0 Å². The first-order chi connectivity index (χ1) is 8.79. The predicted octanol–water partition coefficient (Wildman–Crippen LogP) is 3.24. The summed E-state index contributed by atoms with van der Waals surface area (Å²) in [6.07, 6.45) is 2.56. The maximum Gasteiger partial charge on any atom is 0.188 e. The second kappa shape index (κ2) is 6.17. The first-order valence-electron chi connectivity index (χ1n) is 6.02. The number of aryl methyl sites for hydroxylation is 1. The monoisotopic (exact) mass is 244 g/mol. The van der Waals surface area contributed by atoms with Gasteiger partial charge in [-0.3, -0.25) is 4.79 Å². The first kappa shape index (κ1) is 12.6. The van der Waals surface area contributed by atoms with Crippen LogP contribution in [0.4, 0.5) is 0 Å². The average molecular weight is 244 g/mol. The normalized spacial score (nSPS) is 10.5. The number of carbonyl (C=O) groups is 1. The van der Waals surface area contributed by atoms with Gasteiger partial charge in [0, 0.05) is 5.56 Å².